The molecule has 0 saturated carbocycles. The van der Waals surface area contributed by atoms with Gasteiger partial charge in [-0.25, -0.2) is 0 Å². The number of nitrogens with one attached hydrogen (secondary N) is 1. The van der Waals surface area contributed by atoms with Gasteiger partial charge in [0.25, 0.3) is 0 Å². The number of thiophene rings is 1. The molecular weight excluding hydrogens is 362 g/mol. The van der Waals surface area contributed by atoms with Gasteiger partial charge in [-0.1, -0.05) is 18.2 Å². The van der Waals surface area contributed by atoms with E-state index in [2.05, 4.69) is 35.5 Å². The van der Waals surface area contributed by atoms with Crippen LogP contribution in [0.25, 0.3) is 10.9 Å². The maximum atomic E-state index is 12.2. The summed E-state index contributed by atoms with van der Waals surface area (Å²) in [6.07, 6.45) is 2.77. The number of rotatable bonds is 9. The van der Waals surface area contributed by atoms with Crippen LogP contribution in [0.15, 0.2) is 41.9 Å². The number of carbonyl (C=O) groups is 2. The van der Waals surface area contributed by atoms with E-state index in [0.717, 1.165) is 28.7 Å². The molecule has 2 heterocycles. The lowest BCUT2D eigenvalue weighted by Gasteiger charge is -2.13. The zero-order chi connectivity index (χ0) is 19.2. The van der Waals surface area contributed by atoms with E-state index < -0.39 is 5.97 Å². The molecular formula is C20H23N3O3S. The van der Waals surface area contributed by atoms with Gasteiger partial charge >= 0.3 is 5.97 Å². The average Bonchev–Trinajstić information content (AvgIpc) is 3.28. The Morgan fingerprint density at radius 3 is 2.89 bits per heavy atom. The fourth-order valence-corrected chi connectivity index (χ4v) is 3.95. The van der Waals surface area contributed by atoms with Crippen molar-refractivity contribution in [3.05, 3.63) is 52.3 Å². The maximum Gasteiger partial charge on any atom is 0.304 e. The molecule has 3 rings (SSSR count). The molecule has 1 amide bonds. The highest BCUT2D eigenvalue weighted by Gasteiger charge is 2.20. The highest BCUT2D eigenvalue weighted by molar-refractivity contribution is 7.10. The van der Waals surface area contributed by atoms with E-state index in [4.69, 9.17) is 5.11 Å². The highest BCUT2D eigenvalue weighted by atomic mass is 32.1. The number of carboxylic acids is 1. The standard InChI is InChI=1S/C20H23N3O3S/c1-14-5-6-15-13-22-23(17(15)10-14)8-3-7-21-19(24)11-16(12-20(25)26)18-4-2-9-27-18/h2,4-6,9-10,13,16H,3,7-8,11-12H2,1H3,(H,21,24)(H,25,26). The van der Waals surface area contributed by atoms with Gasteiger partial charge in [0, 0.05) is 35.7 Å². The van der Waals surface area contributed by atoms with E-state index in [0.29, 0.717) is 6.54 Å². The summed E-state index contributed by atoms with van der Waals surface area (Å²) in [6.45, 7) is 3.31. The number of aliphatic carboxylic acids is 1. The van der Waals surface area contributed by atoms with Crippen molar-refractivity contribution < 1.29 is 14.7 Å². The molecule has 27 heavy (non-hydrogen) atoms. The van der Waals surface area contributed by atoms with Crippen molar-refractivity contribution >= 4 is 34.1 Å². The van der Waals surface area contributed by atoms with E-state index in [1.807, 2.05) is 28.4 Å². The van der Waals surface area contributed by atoms with Gasteiger partial charge < -0.3 is 10.4 Å². The largest absolute Gasteiger partial charge is 0.481 e. The minimum atomic E-state index is -0.887. The molecule has 1 atom stereocenters. The SMILES string of the molecule is Cc1ccc2cnn(CCCNC(=O)CC(CC(=O)O)c3cccs3)c2c1. The zero-order valence-electron chi connectivity index (χ0n) is 15.2. The van der Waals surface area contributed by atoms with Crippen LogP contribution >= 0.6 is 11.3 Å². The molecule has 2 N–H and O–H groups in total. The fourth-order valence-electron chi connectivity index (χ4n) is 3.12. The fraction of sp³-hybridized carbons (Fsp3) is 0.350. The van der Waals surface area contributed by atoms with Gasteiger partial charge in [-0.15, -0.1) is 11.3 Å². The van der Waals surface area contributed by atoms with E-state index >= 15 is 0 Å². The molecule has 0 saturated heterocycles. The Balaban J connectivity index is 1.48. The summed E-state index contributed by atoms with van der Waals surface area (Å²) in [4.78, 5) is 24.2. The van der Waals surface area contributed by atoms with Gasteiger partial charge in [0.2, 0.25) is 5.91 Å². The summed E-state index contributed by atoms with van der Waals surface area (Å²) >= 11 is 1.49. The van der Waals surface area contributed by atoms with Crippen LogP contribution in [0.2, 0.25) is 0 Å². The molecule has 6 nitrogen and oxygen atoms in total. The minimum absolute atomic E-state index is 0.0352. The second kappa shape index (κ2) is 8.81. The summed E-state index contributed by atoms with van der Waals surface area (Å²) in [5.74, 6) is -1.28. The normalized spacial score (nSPS) is 12.2. The summed E-state index contributed by atoms with van der Waals surface area (Å²) in [5.41, 5.74) is 2.29. The molecule has 0 aliphatic carbocycles. The number of aromatic nitrogens is 2. The first-order valence-corrected chi connectivity index (χ1v) is 9.85. The molecule has 0 radical (unpaired) electrons. The van der Waals surface area contributed by atoms with Crippen LogP contribution in [0.4, 0.5) is 0 Å². The van der Waals surface area contributed by atoms with Crippen LogP contribution in [-0.2, 0) is 16.1 Å². The monoisotopic (exact) mass is 385 g/mol. The van der Waals surface area contributed by atoms with Gasteiger partial charge in [0.05, 0.1) is 18.1 Å². The summed E-state index contributed by atoms with van der Waals surface area (Å²) in [5, 5.41) is 19.4. The predicted octanol–water partition coefficient (Wildman–Crippen LogP) is 3.56. The first kappa shape index (κ1) is 19.1. The molecule has 0 bridgehead atoms. The summed E-state index contributed by atoms with van der Waals surface area (Å²) in [6, 6.07) is 10.00. The predicted molar refractivity (Wildman–Crippen MR) is 106 cm³/mol. The third-order valence-corrected chi connectivity index (χ3v) is 5.50. The number of carboxylic acid groups (broad SMARTS) is 1. The Morgan fingerprint density at radius 1 is 1.30 bits per heavy atom. The molecule has 0 aliphatic heterocycles. The molecule has 142 valence electrons. The van der Waals surface area contributed by atoms with Gasteiger partial charge in [0.1, 0.15) is 0 Å². The number of benzene rings is 1. The van der Waals surface area contributed by atoms with Crippen molar-refractivity contribution in [1.82, 2.24) is 15.1 Å². The summed E-state index contributed by atoms with van der Waals surface area (Å²) in [7, 11) is 0. The molecule has 3 aromatic rings. The zero-order valence-corrected chi connectivity index (χ0v) is 16.0. The Kier molecular flexibility index (Phi) is 6.24. The van der Waals surface area contributed by atoms with Crippen molar-refractivity contribution in [2.75, 3.05) is 6.54 Å². The molecule has 0 spiro atoms. The molecule has 1 unspecified atom stereocenters. The van der Waals surface area contributed by atoms with Crippen molar-refractivity contribution in [2.45, 2.75) is 38.6 Å². The van der Waals surface area contributed by atoms with Crippen LogP contribution in [0.3, 0.4) is 0 Å². The van der Waals surface area contributed by atoms with Gasteiger partial charge in [-0.2, -0.15) is 5.10 Å². The Morgan fingerprint density at radius 2 is 2.15 bits per heavy atom. The van der Waals surface area contributed by atoms with Crippen LogP contribution in [0, 0.1) is 6.92 Å². The topological polar surface area (TPSA) is 84.2 Å². The van der Waals surface area contributed by atoms with Crippen molar-refractivity contribution in [1.29, 1.82) is 0 Å². The first-order valence-electron chi connectivity index (χ1n) is 8.97. The van der Waals surface area contributed by atoms with Crippen LogP contribution in [-0.4, -0.2) is 33.3 Å². The molecule has 1 aromatic carbocycles. The van der Waals surface area contributed by atoms with Crippen LogP contribution in [0.1, 0.15) is 35.6 Å². The maximum absolute atomic E-state index is 12.2. The van der Waals surface area contributed by atoms with Crippen molar-refractivity contribution in [2.24, 2.45) is 0 Å². The number of hydrogen-bond donors (Lipinski definition) is 2. The lowest BCUT2D eigenvalue weighted by molar-refractivity contribution is -0.137. The van der Waals surface area contributed by atoms with E-state index in [1.54, 1.807) is 0 Å². The molecule has 0 fully saturated rings. The first-order chi connectivity index (χ1) is 13.0. The second-order valence-corrected chi connectivity index (χ2v) is 7.63. The molecule has 7 heteroatoms. The number of fused-ring (bicyclic) bond motifs is 1. The third kappa shape index (κ3) is 5.17. The van der Waals surface area contributed by atoms with Crippen LogP contribution in [0.5, 0.6) is 0 Å². The quantitative estimate of drug-likeness (QED) is 0.552. The lowest BCUT2D eigenvalue weighted by atomic mass is 9.99. The van der Waals surface area contributed by atoms with E-state index in [1.165, 1.54) is 16.9 Å². The molecule has 2 aromatic heterocycles. The second-order valence-electron chi connectivity index (χ2n) is 6.65. The van der Waals surface area contributed by atoms with E-state index in [9.17, 15) is 9.59 Å². The van der Waals surface area contributed by atoms with Crippen molar-refractivity contribution in [3.8, 4) is 0 Å². The highest BCUT2D eigenvalue weighted by Crippen LogP contribution is 2.27. The number of nitrogens with zero attached hydrogens (tertiary/aromatic N) is 2. The van der Waals surface area contributed by atoms with Gasteiger partial charge in [-0.3, -0.25) is 14.3 Å². The molecule has 0 aliphatic rings. The van der Waals surface area contributed by atoms with Gasteiger partial charge in [-0.05, 0) is 36.4 Å². The smallest absolute Gasteiger partial charge is 0.304 e. The number of amides is 1. The third-order valence-electron chi connectivity index (χ3n) is 4.47. The van der Waals surface area contributed by atoms with Crippen LogP contribution < -0.4 is 5.32 Å². The Bertz CT molecular complexity index is 918. The number of carbonyl (C=O) groups excluding carboxylic acids is 1. The Labute approximate surface area is 161 Å². The lowest BCUT2D eigenvalue weighted by Crippen LogP contribution is -2.27. The van der Waals surface area contributed by atoms with Gasteiger partial charge in [0.15, 0.2) is 0 Å². The van der Waals surface area contributed by atoms with E-state index in [-0.39, 0.29) is 24.7 Å². The number of hydrogen-bond acceptors (Lipinski definition) is 4. The number of aryl methyl sites for hydroxylation is 2. The average molecular weight is 385 g/mol. The van der Waals surface area contributed by atoms with Crippen molar-refractivity contribution in [3.63, 3.8) is 0 Å². The summed E-state index contributed by atoms with van der Waals surface area (Å²) < 4.78 is 1.95. The Hall–Kier alpha value is -2.67. The minimum Gasteiger partial charge on any atom is -0.481 e.